The van der Waals surface area contributed by atoms with Gasteiger partial charge in [-0.15, -0.1) is 0 Å². The van der Waals surface area contributed by atoms with Gasteiger partial charge in [-0.1, -0.05) is 84.9 Å². The molecule has 4 N–H and O–H groups in total. The number of carbonyl (C=O) groups excluding carboxylic acids is 2. The Morgan fingerprint density at radius 2 is 1.66 bits per heavy atom. The Kier molecular flexibility index (Phi) is 12.6. The van der Waals surface area contributed by atoms with Crippen molar-refractivity contribution in [1.29, 1.82) is 0 Å². The lowest BCUT2D eigenvalue weighted by Crippen LogP contribution is -2.31. The second-order valence-electron chi connectivity index (χ2n) is 11.7. The van der Waals surface area contributed by atoms with E-state index >= 15 is 0 Å². The molecule has 1 aliphatic rings. The highest BCUT2D eigenvalue weighted by molar-refractivity contribution is 7.99. The van der Waals surface area contributed by atoms with Gasteiger partial charge in [0.1, 0.15) is 0 Å². The van der Waals surface area contributed by atoms with E-state index < -0.39 is 12.2 Å². The summed E-state index contributed by atoms with van der Waals surface area (Å²) in [4.78, 5) is 27.8. The topological polar surface area (TPSA) is 135 Å². The number of nitrogens with zero attached hydrogens (tertiary/aromatic N) is 2. The number of nitrogens with one attached hydrogen (secondary N) is 2. The van der Waals surface area contributed by atoms with Gasteiger partial charge in [-0.3, -0.25) is 14.8 Å². The maximum absolute atomic E-state index is 12.3. The van der Waals surface area contributed by atoms with Crippen LogP contribution < -0.4 is 10.8 Å². The van der Waals surface area contributed by atoms with Crippen LogP contribution in [0.1, 0.15) is 73.2 Å². The van der Waals surface area contributed by atoms with Crippen molar-refractivity contribution in [3.63, 3.8) is 0 Å². The number of unbranched alkanes of at least 4 members (excludes halogenated alkanes) is 2. The Bertz CT molecular complexity index is 1590. The van der Waals surface area contributed by atoms with Crippen molar-refractivity contribution in [2.45, 2.75) is 75.3 Å². The van der Waals surface area contributed by atoms with Crippen LogP contribution in [0.3, 0.4) is 0 Å². The zero-order valence-corrected chi connectivity index (χ0v) is 27.3. The smallest absolute Gasteiger partial charge is 0.243 e. The third kappa shape index (κ3) is 9.99. The van der Waals surface area contributed by atoms with Gasteiger partial charge in [0, 0.05) is 56.6 Å². The zero-order valence-electron chi connectivity index (χ0n) is 26.5. The Morgan fingerprint density at radius 3 is 2.36 bits per heavy atom. The molecule has 1 aromatic heterocycles. The number of ether oxygens (including phenoxy) is 2. The second kappa shape index (κ2) is 17.2. The largest absolute Gasteiger partial charge is 0.392 e. The van der Waals surface area contributed by atoms with Gasteiger partial charge in [0.05, 0.1) is 18.8 Å². The summed E-state index contributed by atoms with van der Waals surface area (Å²) < 4.78 is 15.0. The molecule has 0 bridgehead atoms. The van der Waals surface area contributed by atoms with Gasteiger partial charge in [-0.2, -0.15) is 0 Å². The van der Waals surface area contributed by atoms with Gasteiger partial charge < -0.3 is 24.5 Å². The van der Waals surface area contributed by atoms with Crippen LogP contribution in [0.25, 0.3) is 11.1 Å². The summed E-state index contributed by atoms with van der Waals surface area (Å²) in [7, 11) is 1.98. The number of hydrogen-bond acceptors (Lipinski definition) is 8. The average Bonchev–Trinajstić information content (AvgIpc) is 3.53. The van der Waals surface area contributed by atoms with Gasteiger partial charge >= 0.3 is 0 Å². The molecule has 2 amide bonds. The molecular weight excluding hydrogens is 616 g/mol. The van der Waals surface area contributed by atoms with Gasteiger partial charge in [0.25, 0.3) is 0 Å². The highest BCUT2D eigenvalue weighted by atomic mass is 32.2. The first-order valence-corrected chi connectivity index (χ1v) is 16.9. The number of imidazole rings is 1. The first-order valence-electron chi connectivity index (χ1n) is 15.9. The number of hydroxylamine groups is 1. The van der Waals surface area contributed by atoms with Crippen LogP contribution in [0.5, 0.6) is 0 Å². The monoisotopic (exact) mass is 658 g/mol. The molecule has 1 fully saturated rings. The highest BCUT2D eigenvalue weighted by Gasteiger charge is 2.32. The molecule has 4 aromatic rings. The molecule has 2 heterocycles. The number of aliphatic hydroxyl groups excluding tert-OH is 1. The van der Waals surface area contributed by atoms with E-state index in [9.17, 15) is 14.7 Å². The minimum absolute atomic E-state index is 0.000870. The Labute approximate surface area is 279 Å². The maximum Gasteiger partial charge on any atom is 0.243 e. The summed E-state index contributed by atoms with van der Waals surface area (Å²) in [6.07, 6.45) is 6.38. The molecule has 1 saturated heterocycles. The number of benzene rings is 3. The Hall–Kier alpha value is -4.00. The lowest BCUT2D eigenvalue weighted by molar-refractivity contribution is -0.245. The van der Waals surface area contributed by atoms with E-state index in [1.54, 1.807) is 23.4 Å². The fraction of sp³-hybridized carbons (Fsp3) is 0.361. The number of rotatable bonds is 15. The summed E-state index contributed by atoms with van der Waals surface area (Å²) in [6.45, 7) is 0.431. The van der Waals surface area contributed by atoms with E-state index in [-0.39, 0.29) is 31.1 Å². The molecule has 3 aromatic carbocycles. The van der Waals surface area contributed by atoms with E-state index in [0.717, 1.165) is 50.7 Å². The molecule has 248 valence electrons. The normalized spacial score (nSPS) is 17.7. The van der Waals surface area contributed by atoms with Crippen molar-refractivity contribution in [3.8, 4) is 11.1 Å². The third-order valence-corrected chi connectivity index (χ3v) is 9.35. The van der Waals surface area contributed by atoms with Crippen molar-refractivity contribution in [3.05, 3.63) is 107 Å². The van der Waals surface area contributed by atoms with Crippen LogP contribution in [0.15, 0.2) is 90.3 Å². The molecule has 0 unspecified atom stereocenters. The molecule has 0 spiro atoms. The van der Waals surface area contributed by atoms with Crippen LogP contribution in [-0.2, 0) is 39.3 Å². The number of aromatic nitrogens is 2. The first kappa shape index (κ1) is 34.3. The maximum atomic E-state index is 12.3. The number of aliphatic hydroxyl groups is 1. The van der Waals surface area contributed by atoms with Crippen LogP contribution in [0, 0.1) is 0 Å². The third-order valence-electron chi connectivity index (χ3n) is 8.16. The van der Waals surface area contributed by atoms with Gasteiger partial charge in [0.2, 0.25) is 11.8 Å². The number of thioether (sulfide) groups is 1. The molecule has 0 saturated carbocycles. The molecule has 47 heavy (non-hydrogen) atoms. The number of hydrogen-bond donors (Lipinski definition) is 4. The summed E-state index contributed by atoms with van der Waals surface area (Å²) in [5, 5.41) is 22.0. The molecule has 0 aliphatic carbocycles. The van der Waals surface area contributed by atoms with E-state index in [4.69, 9.17) is 14.7 Å². The minimum atomic E-state index is -0.541. The summed E-state index contributed by atoms with van der Waals surface area (Å²) in [5.41, 5.74) is 7.55. The lowest BCUT2D eigenvalue weighted by Gasteiger charge is -2.36. The quantitative estimate of drug-likeness (QED) is 0.0530. The zero-order chi connectivity index (χ0) is 33.0. The van der Waals surface area contributed by atoms with E-state index in [2.05, 4.69) is 28.5 Å². The molecule has 0 radical (unpaired) electrons. The van der Waals surface area contributed by atoms with E-state index in [1.807, 2.05) is 72.4 Å². The molecule has 3 atom stereocenters. The van der Waals surface area contributed by atoms with Gasteiger partial charge in [-0.25, -0.2) is 10.5 Å². The summed E-state index contributed by atoms with van der Waals surface area (Å²) in [5.74, 6) is 0.300. The Morgan fingerprint density at radius 1 is 0.915 bits per heavy atom. The molecule has 11 heteroatoms. The van der Waals surface area contributed by atoms with Crippen molar-refractivity contribution >= 4 is 23.6 Å². The molecule has 10 nitrogen and oxygen atoms in total. The summed E-state index contributed by atoms with van der Waals surface area (Å²) in [6, 6.07) is 24.2. The van der Waals surface area contributed by atoms with Crippen LogP contribution in [0.4, 0.5) is 0 Å². The van der Waals surface area contributed by atoms with Gasteiger partial charge in [-0.05, 0) is 46.7 Å². The highest BCUT2D eigenvalue weighted by Crippen LogP contribution is 2.39. The average molecular weight is 659 g/mol. The fourth-order valence-electron chi connectivity index (χ4n) is 5.47. The van der Waals surface area contributed by atoms with Crippen LogP contribution >= 0.6 is 11.8 Å². The number of aryl methyl sites for hydroxylation is 1. The van der Waals surface area contributed by atoms with E-state index in [1.165, 1.54) is 0 Å². The standard InChI is InChI=1S/C36H42N4O6S/c1-40-19-18-37-36(40)47-24-31-21-32(28-12-10-25(23-41)11-13-28)46-35(45-31)29-16-14-27(15-17-29)30-7-5-6-26(20-30)22-38-33(42)8-3-2-4-9-34(43)39-44/h5-7,10-20,31-32,35,41,44H,2-4,8-9,21-24H2,1H3,(H,38,42)(H,39,43)/t31-,32+,35+/m1/s1. The van der Waals surface area contributed by atoms with E-state index in [0.29, 0.717) is 32.2 Å². The van der Waals surface area contributed by atoms with Crippen molar-refractivity contribution in [2.24, 2.45) is 7.05 Å². The minimum Gasteiger partial charge on any atom is -0.392 e. The molecule has 1 aliphatic heterocycles. The molecular formula is C36H42N4O6S. The van der Waals surface area contributed by atoms with Crippen LogP contribution in [0.2, 0.25) is 0 Å². The predicted molar refractivity (Wildman–Crippen MR) is 179 cm³/mol. The van der Waals surface area contributed by atoms with Gasteiger partial charge in [0.15, 0.2) is 11.4 Å². The first-order chi connectivity index (χ1) is 22.9. The summed E-state index contributed by atoms with van der Waals surface area (Å²) >= 11 is 1.67. The Balaban J connectivity index is 1.20. The van der Waals surface area contributed by atoms with Crippen LogP contribution in [-0.4, -0.2) is 43.5 Å². The fourth-order valence-corrected chi connectivity index (χ4v) is 6.42. The van der Waals surface area contributed by atoms with Crippen molar-refractivity contribution in [1.82, 2.24) is 20.3 Å². The second-order valence-corrected chi connectivity index (χ2v) is 12.7. The van der Waals surface area contributed by atoms with Crippen molar-refractivity contribution in [2.75, 3.05) is 5.75 Å². The van der Waals surface area contributed by atoms with Crippen molar-refractivity contribution < 1.29 is 29.4 Å². The SMILES string of the molecule is Cn1ccnc1SC[C@H]1C[C@@H](c2ccc(CO)cc2)O[C@@H](c2ccc(-c3cccc(CNC(=O)CCCCCC(=O)NO)c3)cc2)O1. The number of amides is 2. The lowest BCUT2D eigenvalue weighted by atomic mass is 9.99. The number of carbonyl (C=O) groups is 2. The predicted octanol–water partition coefficient (Wildman–Crippen LogP) is 5.99. The molecule has 5 rings (SSSR count).